The number of nitrogens with zero attached hydrogens (tertiary/aromatic N) is 1. The lowest BCUT2D eigenvalue weighted by Gasteiger charge is -2.44. The summed E-state index contributed by atoms with van der Waals surface area (Å²) in [5.74, 6) is 0. The van der Waals surface area contributed by atoms with Gasteiger partial charge in [-0.15, -0.1) is 0 Å². The monoisotopic (exact) mass is 317 g/mol. The highest BCUT2D eigenvalue weighted by Gasteiger charge is 2.43. The molecule has 0 aromatic heterocycles. The molecule has 0 aliphatic heterocycles. The van der Waals surface area contributed by atoms with Crippen LogP contribution >= 0.6 is 0 Å². The van der Waals surface area contributed by atoms with Crippen LogP contribution in [0.2, 0.25) is 0 Å². The van der Waals surface area contributed by atoms with E-state index in [9.17, 15) is 21.6 Å². The van der Waals surface area contributed by atoms with Crippen molar-refractivity contribution in [3.63, 3.8) is 0 Å². The summed E-state index contributed by atoms with van der Waals surface area (Å²) < 4.78 is 63.6. The van der Waals surface area contributed by atoms with Crippen molar-refractivity contribution in [3.05, 3.63) is 0 Å². The molecular weight excluding hydrogens is 295 g/mol. The number of halogens is 3. The summed E-state index contributed by atoms with van der Waals surface area (Å²) in [6.07, 6.45) is -0.732. The Labute approximate surface area is 117 Å². The lowest BCUT2D eigenvalue weighted by molar-refractivity contribution is -0.121. The Kier molecular flexibility index (Phi) is 5.82. The molecule has 0 saturated heterocycles. The van der Waals surface area contributed by atoms with Gasteiger partial charge >= 0.3 is 6.18 Å². The van der Waals surface area contributed by atoms with Gasteiger partial charge in [-0.25, -0.2) is 0 Å². The molecule has 0 bridgehead atoms. The highest BCUT2D eigenvalue weighted by atomic mass is 32.2. The largest absolute Gasteiger partial charge is 0.402 e. The summed E-state index contributed by atoms with van der Waals surface area (Å²) in [5.41, 5.74) is 4.98. The predicted molar refractivity (Wildman–Crippen MR) is 70.2 cm³/mol. The molecule has 1 aliphatic rings. The maximum absolute atomic E-state index is 12.2. The molecule has 0 aromatic carbocycles. The van der Waals surface area contributed by atoms with Gasteiger partial charge in [-0.2, -0.15) is 30.6 Å². The standard InChI is InChI=1S/C11H22F3N3O2S/c1-2-17(10(8-15)6-4-3-5-7-10)20(18,19)16-9-11(12,13)14/h16H,2-9,15H2,1H3. The maximum atomic E-state index is 12.2. The van der Waals surface area contributed by atoms with E-state index >= 15 is 0 Å². The zero-order valence-electron chi connectivity index (χ0n) is 11.5. The Morgan fingerprint density at radius 3 is 2.20 bits per heavy atom. The van der Waals surface area contributed by atoms with Crippen LogP contribution < -0.4 is 10.5 Å². The Hall–Kier alpha value is -0.380. The number of hydrogen-bond acceptors (Lipinski definition) is 3. The van der Waals surface area contributed by atoms with E-state index in [1.54, 1.807) is 11.6 Å². The minimum atomic E-state index is -4.57. The first kappa shape index (κ1) is 17.7. The molecular formula is C11H22F3N3O2S. The second-order valence-corrected chi connectivity index (χ2v) is 6.77. The van der Waals surface area contributed by atoms with Gasteiger partial charge in [0.15, 0.2) is 0 Å². The number of nitrogens with one attached hydrogen (secondary N) is 1. The van der Waals surface area contributed by atoms with Crippen LogP contribution in [0.15, 0.2) is 0 Å². The Balaban J connectivity index is 2.92. The van der Waals surface area contributed by atoms with E-state index in [1.807, 2.05) is 0 Å². The first-order valence-electron chi connectivity index (χ1n) is 6.71. The average Bonchev–Trinajstić information content (AvgIpc) is 2.37. The zero-order chi connectivity index (χ0) is 15.4. The number of alkyl halides is 3. The lowest BCUT2D eigenvalue weighted by Crippen LogP contribution is -2.60. The van der Waals surface area contributed by atoms with E-state index < -0.39 is 28.5 Å². The van der Waals surface area contributed by atoms with E-state index in [0.29, 0.717) is 12.8 Å². The minimum absolute atomic E-state index is 0.102. The molecule has 0 radical (unpaired) electrons. The van der Waals surface area contributed by atoms with Gasteiger partial charge in [0.2, 0.25) is 0 Å². The molecule has 1 rings (SSSR count). The molecule has 0 unspecified atom stereocenters. The summed E-state index contributed by atoms with van der Waals surface area (Å²) in [4.78, 5) is 0. The van der Waals surface area contributed by atoms with Crippen LogP contribution in [0.25, 0.3) is 0 Å². The van der Waals surface area contributed by atoms with E-state index in [0.717, 1.165) is 23.6 Å². The minimum Gasteiger partial charge on any atom is -0.329 e. The zero-order valence-corrected chi connectivity index (χ0v) is 12.4. The van der Waals surface area contributed by atoms with E-state index in [4.69, 9.17) is 5.73 Å². The summed E-state index contributed by atoms with van der Waals surface area (Å²) in [6, 6.07) is 0. The molecule has 9 heteroatoms. The van der Waals surface area contributed by atoms with Gasteiger partial charge in [-0.1, -0.05) is 26.2 Å². The van der Waals surface area contributed by atoms with Crippen LogP contribution in [0.4, 0.5) is 13.2 Å². The van der Waals surface area contributed by atoms with Crippen LogP contribution in [0.5, 0.6) is 0 Å². The van der Waals surface area contributed by atoms with Crippen LogP contribution in [0.3, 0.4) is 0 Å². The first-order chi connectivity index (χ1) is 9.17. The highest BCUT2D eigenvalue weighted by molar-refractivity contribution is 7.87. The molecule has 0 spiro atoms. The average molecular weight is 317 g/mol. The topological polar surface area (TPSA) is 75.4 Å². The van der Waals surface area contributed by atoms with Crippen molar-refractivity contribution >= 4 is 10.2 Å². The van der Waals surface area contributed by atoms with Gasteiger partial charge in [0.05, 0.1) is 0 Å². The van der Waals surface area contributed by atoms with Gasteiger partial charge in [0, 0.05) is 18.6 Å². The summed E-state index contributed by atoms with van der Waals surface area (Å²) >= 11 is 0. The predicted octanol–water partition coefficient (Wildman–Crippen LogP) is 1.37. The fourth-order valence-corrected chi connectivity index (χ4v) is 4.39. The molecule has 120 valence electrons. The molecule has 3 N–H and O–H groups in total. The Morgan fingerprint density at radius 2 is 1.80 bits per heavy atom. The van der Waals surface area contributed by atoms with Gasteiger partial charge in [-0.05, 0) is 12.8 Å². The summed E-state index contributed by atoms with van der Waals surface area (Å²) in [5, 5.41) is 0. The summed E-state index contributed by atoms with van der Waals surface area (Å²) in [6.45, 7) is 0.267. The number of nitrogens with two attached hydrogens (primary N) is 1. The van der Waals surface area contributed by atoms with Crippen molar-refractivity contribution in [2.75, 3.05) is 19.6 Å². The molecule has 1 fully saturated rings. The van der Waals surface area contributed by atoms with Crippen molar-refractivity contribution in [2.45, 2.75) is 50.7 Å². The highest BCUT2D eigenvalue weighted by Crippen LogP contribution is 2.34. The van der Waals surface area contributed by atoms with Crippen molar-refractivity contribution in [3.8, 4) is 0 Å². The third kappa shape index (κ3) is 4.31. The fraction of sp³-hybridized carbons (Fsp3) is 1.00. The normalized spacial score (nSPS) is 20.3. The lowest BCUT2D eigenvalue weighted by atomic mass is 9.81. The second kappa shape index (κ2) is 6.59. The number of rotatable bonds is 6. The Morgan fingerprint density at radius 1 is 1.25 bits per heavy atom. The van der Waals surface area contributed by atoms with Crippen LogP contribution in [-0.2, 0) is 10.2 Å². The fourth-order valence-electron chi connectivity index (χ4n) is 2.78. The van der Waals surface area contributed by atoms with Gasteiger partial charge in [0.25, 0.3) is 10.2 Å². The number of likely N-dealkylation sites (N-methyl/N-ethyl adjacent to an activating group) is 1. The van der Waals surface area contributed by atoms with Gasteiger partial charge in [0.1, 0.15) is 6.54 Å². The quantitative estimate of drug-likeness (QED) is 0.777. The van der Waals surface area contributed by atoms with Crippen molar-refractivity contribution < 1.29 is 21.6 Å². The van der Waals surface area contributed by atoms with Crippen LogP contribution in [0, 0.1) is 0 Å². The van der Waals surface area contributed by atoms with Crippen LogP contribution in [-0.4, -0.2) is 44.1 Å². The molecule has 0 atom stereocenters. The molecule has 0 heterocycles. The Bertz CT molecular complexity index is 406. The molecule has 20 heavy (non-hydrogen) atoms. The van der Waals surface area contributed by atoms with E-state index in [-0.39, 0.29) is 13.1 Å². The third-order valence-corrected chi connectivity index (χ3v) is 5.46. The third-order valence-electron chi connectivity index (χ3n) is 3.73. The van der Waals surface area contributed by atoms with Crippen LogP contribution in [0.1, 0.15) is 39.0 Å². The smallest absolute Gasteiger partial charge is 0.329 e. The molecule has 0 amide bonds. The van der Waals surface area contributed by atoms with E-state index in [2.05, 4.69) is 0 Å². The number of hydrogen-bond donors (Lipinski definition) is 2. The van der Waals surface area contributed by atoms with E-state index in [1.165, 1.54) is 0 Å². The maximum Gasteiger partial charge on any atom is 0.402 e. The summed E-state index contributed by atoms with van der Waals surface area (Å²) in [7, 11) is -4.19. The molecule has 0 aromatic rings. The second-order valence-electron chi connectivity index (χ2n) is 5.10. The van der Waals surface area contributed by atoms with Gasteiger partial charge < -0.3 is 5.73 Å². The first-order valence-corrected chi connectivity index (χ1v) is 8.15. The molecule has 5 nitrogen and oxygen atoms in total. The SMILES string of the molecule is CCN(C1(CN)CCCCC1)S(=O)(=O)NCC(F)(F)F. The van der Waals surface area contributed by atoms with Gasteiger partial charge in [-0.3, -0.25) is 0 Å². The molecule has 1 saturated carbocycles. The van der Waals surface area contributed by atoms with Crippen molar-refractivity contribution in [2.24, 2.45) is 5.73 Å². The van der Waals surface area contributed by atoms with Crippen molar-refractivity contribution in [1.82, 2.24) is 9.03 Å². The molecule has 1 aliphatic carbocycles. The van der Waals surface area contributed by atoms with Crippen molar-refractivity contribution in [1.29, 1.82) is 0 Å².